The van der Waals surface area contributed by atoms with Gasteiger partial charge < -0.3 is 14.4 Å². The highest BCUT2D eigenvalue weighted by Crippen LogP contribution is 2.05. The molecule has 1 heterocycles. The second-order valence-electron chi connectivity index (χ2n) is 4.97. The Labute approximate surface area is 115 Å². The van der Waals surface area contributed by atoms with Gasteiger partial charge in [-0.2, -0.15) is 0 Å². The Hall–Kier alpha value is -1.32. The normalized spacial score (nSPS) is 17.8. The van der Waals surface area contributed by atoms with Crippen LogP contribution >= 0.6 is 0 Å². The van der Waals surface area contributed by atoms with Crippen LogP contribution in [0.5, 0.6) is 0 Å². The topological polar surface area (TPSA) is 21.7 Å². The fourth-order valence-corrected chi connectivity index (χ4v) is 1.99. The molecule has 2 rings (SSSR count). The van der Waals surface area contributed by atoms with Crippen molar-refractivity contribution in [3.63, 3.8) is 0 Å². The van der Waals surface area contributed by atoms with Crippen molar-refractivity contribution < 1.29 is 9.47 Å². The van der Waals surface area contributed by atoms with Crippen LogP contribution in [0.25, 0.3) is 0 Å². The van der Waals surface area contributed by atoms with Crippen LogP contribution in [-0.4, -0.2) is 37.8 Å². The van der Waals surface area contributed by atoms with Crippen LogP contribution in [0.2, 0.25) is 0 Å². The molecule has 104 valence electrons. The van der Waals surface area contributed by atoms with E-state index in [1.54, 1.807) is 0 Å². The predicted molar refractivity (Wildman–Crippen MR) is 76.8 cm³/mol. The molecule has 1 saturated heterocycles. The predicted octanol–water partition coefficient (Wildman–Crippen LogP) is 2.69. The maximum atomic E-state index is 5.73. The molecule has 1 aliphatic rings. The first kappa shape index (κ1) is 14.1. The zero-order chi connectivity index (χ0) is 13.3. The molecule has 3 heteroatoms. The lowest BCUT2D eigenvalue weighted by atomic mass is 10.2. The Morgan fingerprint density at radius 3 is 2.74 bits per heavy atom. The van der Waals surface area contributed by atoms with Gasteiger partial charge in [0.05, 0.1) is 26.4 Å². The lowest BCUT2D eigenvalue weighted by Crippen LogP contribution is -2.32. The van der Waals surface area contributed by atoms with Gasteiger partial charge in [-0.25, -0.2) is 0 Å². The van der Waals surface area contributed by atoms with E-state index in [0.29, 0.717) is 12.5 Å². The van der Waals surface area contributed by atoms with Crippen LogP contribution < -0.4 is 0 Å². The molecule has 0 unspecified atom stereocenters. The molecule has 3 nitrogen and oxygen atoms in total. The molecule has 1 atom stereocenters. The highest BCUT2D eigenvalue weighted by atomic mass is 16.5. The van der Waals surface area contributed by atoms with Crippen LogP contribution in [0.4, 0.5) is 0 Å². The van der Waals surface area contributed by atoms with Crippen molar-refractivity contribution in [2.75, 3.05) is 32.9 Å². The molecule has 0 N–H and O–H groups in total. The smallest absolute Gasteiger partial charge is 0.0717 e. The molecule has 0 aromatic heterocycles. The number of benzene rings is 1. The van der Waals surface area contributed by atoms with E-state index in [9.17, 15) is 0 Å². The van der Waals surface area contributed by atoms with Gasteiger partial charge in [-0.15, -0.1) is 0 Å². The van der Waals surface area contributed by atoms with Crippen LogP contribution in [0.3, 0.4) is 0 Å². The van der Waals surface area contributed by atoms with E-state index < -0.39 is 0 Å². The first-order valence-corrected chi connectivity index (χ1v) is 6.96. The molecule has 19 heavy (non-hydrogen) atoms. The second kappa shape index (κ2) is 7.97. The van der Waals surface area contributed by atoms with Gasteiger partial charge >= 0.3 is 0 Å². The third kappa shape index (κ3) is 5.45. The Morgan fingerprint density at radius 1 is 1.26 bits per heavy atom. The second-order valence-corrected chi connectivity index (χ2v) is 4.97. The van der Waals surface area contributed by atoms with Gasteiger partial charge in [0.15, 0.2) is 0 Å². The van der Waals surface area contributed by atoms with Crippen molar-refractivity contribution in [3.05, 3.63) is 48.2 Å². The molecule has 1 aliphatic heterocycles. The SMILES string of the molecule is C[C@H](C=CN1CCOCC1)COCc1ccccc1. The molecular formula is C16H23NO2. The van der Waals surface area contributed by atoms with Gasteiger partial charge in [0, 0.05) is 13.1 Å². The first-order chi connectivity index (χ1) is 9.34. The van der Waals surface area contributed by atoms with Gasteiger partial charge in [-0.1, -0.05) is 43.3 Å². The average molecular weight is 261 g/mol. The summed E-state index contributed by atoms with van der Waals surface area (Å²) in [4.78, 5) is 2.30. The third-order valence-electron chi connectivity index (χ3n) is 3.16. The van der Waals surface area contributed by atoms with Crippen LogP contribution in [0.1, 0.15) is 12.5 Å². The molecule has 0 radical (unpaired) electrons. The molecule has 0 aliphatic carbocycles. The Bertz CT molecular complexity index is 372. The van der Waals surface area contributed by atoms with Crippen molar-refractivity contribution in [1.82, 2.24) is 4.90 Å². The Kier molecular flexibility index (Phi) is 5.92. The number of rotatable bonds is 6. The first-order valence-electron chi connectivity index (χ1n) is 6.96. The fourth-order valence-electron chi connectivity index (χ4n) is 1.99. The highest BCUT2D eigenvalue weighted by molar-refractivity contribution is 5.13. The van der Waals surface area contributed by atoms with Crippen molar-refractivity contribution in [3.8, 4) is 0 Å². The number of nitrogens with zero attached hydrogens (tertiary/aromatic N) is 1. The van der Waals surface area contributed by atoms with Crippen molar-refractivity contribution in [2.45, 2.75) is 13.5 Å². The standard InChI is InChI=1S/C16H23NO2/c1-15(7-8-17-9-11-18-12-10-17)13-19-14-16-5-3-2-4-6-16/h2-8,15H,9-14H2,1H3/t15-/m1/s1. The molecular weight excluding hydrogens is 238 g/mol. The van der Waals surface area contributed by atoms with Gasteiger partial charge in [-0.05, 0) is 17.7 Å². The summed E-state index contributed by atoms with van der Waals surface area (Å²) in [5, 5.41) is 0. The molecule has 1 fully saturated rings. The van der Waals surface area contributed by atoms with E-state index >= 15 is 0 Å². The van der Waals surface area contributed by atoms with Crippen LogP contribution in [-0.2, 0) is 16.1 Å². The molecule has 1 aromatic carbocycles. The van der Waals surface area contributed by atoms with Crippen LogP contribution in [0, 0.1) is 5.92 Å². The van der Waals surface area contributed by atoms with E-state index in [-0.39, 0.29) is 0 Å². The lowest BCUT2D eigenvalue weighted by Gasteiger charge is -2.25. The van der Waals surface area contributed by atoms with Crippen molar-refractivity contribution in [1.29, 1.82) is 0 Å². The summed E-state index contributed by atoms with van der Waals surface area (Å²) in [6, 6.07) is 10.3. The van der Waals surface area contributed by atoms with E-state index in [2.05, 4.69) is 36.2 Å². The molecule has 0 saturated carbocycles. The average Bonchev–Trinajstić information content (AvgIpc) is 2.47. The van der Waals surface area contributed by atoms with E-state index in [1.165, 1.54) is 5.56 Å². The Morgan fingerprint density at radius 2 is 2.00 bits per heavy atom. The van der Waals surface area contributed by atoms with Gasteiger partial charge in [0.1, 0.15) is 0 Å². The molecule has 0 bridgehead atoms. The highest BCUT2D eigenvalue weighted by Gasteiger charge is 2.06. The Balaban J connectivity index is 1.64. The fraction of sp³-hybridized carbons (Fsp3) is 0.500. The number of ether oxygens (including phenoxy) is 2. The minimum atomic E-state index is 0.437. The maximum Gasteiger partial charge on any atom is 0.0717 e. The van der Waals surface area contributed by atoms with E-state index in [4.69, 9.17) is 9.47 Å². The van der Waals surface area contributed by atoms with E-state index in [0.717, 1.165) is 32.9 Å². The summed E-state index contributed by atoms with van der Waals surface area (Å²) in [7, 11) is 0. The molecule has 0 spiro atoms. The number of hydrogen-bond acceptors (Lipinski definition) is 3. The summed E-state index contributed by atoms with van der Waals surface area (Å²) in [5.41, 5.74) is 1.23. The number of morpholine rings is 1. The third-order valence-corrected chi connectivity index (χ3v) is 3.16. The van der Waals surface area contributed by atoms with Crippen molar-refractivity contribution >= 4 is 0 Å². The summed E-state index contributed by atoms with van der Waals surface area (Å²) >= 11 is 0. The van der Waals surface area contributed by atoms with Gasteiger partial charge in [0.25, 0.3) is 0 Å². The quantitative estimate of drug-likeness (QED) is 0.786. The molecule has 1 aromatic rings. The zero-order valence-corrected chi connectivity index (χ0v) is 11.6. The monoisotopic (exact) mass is 261 g/mol. The van der Waals surface area contributed by atoms with E-state index in [1.807, 2.05) is 18.2 Å². The maximum absolute atomic E-state index is 5.73. The minimum absolute atomic E-state index is 0.437. The minimum Gasteiger partial charge on any atom is -0.378 e. The molecule has 0 amide bonds. The zero-order valence-electron chi connectivity index (χ0n) is 11.6. The van der Waals surface area contributed by atoms with Gasteiger partial charge in [0.2, 0.25) is 0 Å². The summed E-state index contributed by atoms with van der Waals surface area (Å²) in [5.74, 6) is 0.437. The van der Waals surface area contributed by atoms with Gasteiger partial charge in [-0.3, -0.25) is 0 Å². The summed E-state index contributed by atoms with van der Waals surface area (Å²) < 4.78 is 11.0. The lowest BCUT2D eigenvalue weighted by molar-refractivity contribution is 0.0586. The summed E-state index contributed by atoms with van der Waals surface area (Å²) in [6.45, 7) is 7.29. The summed E-state index contributed by atoms with van der Waals surface area (Å²) in [6.07, 6.45) is 4.40. The van der Waals surface area contributed by atoms with Crippen LogP contribution in [0.15, 0.2) is 42.6 Å². The largest absolute Gasteiger partial charge is 0.378 e. The number of hydrogen-bond donors (Lipinski definition) is 0. The van der Waals surface area contributed by atoms with Crippen molar-refractivity contribution in [2.24, 2.45) is 5.92 Å².